The van der Waals surface area contributed by atoms with E-state index in [1.165, 1.54) is 0 Å². The molecule has 2 unspecified atom stereocenters. The lowest BCUT2D eigenvalue weighted by atomic mass is 9.90. The molecule has 1 amide bonds. The van der Waals surface area contributed by atoms with Crippen LogP contribution in [0.3, 0.4) is 0 Å². The van der Waals surface area contributed by atoms with Gasteiger partial charge in [-0.05, 0) is 33.6 Å². The quantitative estimate of drug-likeness (QED) is 0.290. The molecule has 1 aliphatic heterocycles. The normalized spacial score (nSPS) is 26.6. The molecule has 0 saturated carbocycles. The van der Waals surface area contributed by atoms with Crippen LogP contribution in [0, 0.1) is 5.41 Å². The summed E-state index contributed by atoms with van der Waals surface area (Å²) >= 11 is 0. The molecule has 0 spiro atoms. The number of amides is 1. The zero-order chi connectivity index (χ0) is 13.1. The Morgan fingerprint density at radius 1 is 1.59 bits per heavy atom. The molecule has 0 radical (unpaired) electrons. The highest BCUT2D eigenvalue weighted by Gasteiger charge is 2.34. The van der Waals surface area contributed by atoms with Gasteiger partial charge in [-0.1, -0.05) is 5.16 Å². The molecular weight excluding hydrogens is 222 g/mol. The van der Waals surface area contributed by atoms with Gasteiger partial charge in [-0.15, -0.1) is 0 Å². The molecule has 6 nitrogen and oxygen atoms in total. The Hall–Kier alpha value is -1.30. The van der Waals surface area contributed by atoms with Crippen molar-refractivity contribution in [3.05, 3.63) is 0 Å². The smallest absolute Gasteiger partial charge is 0.233 e. The van der Waals surface area contributed by atoms with Gasteiger partial charge in [-0.3, -0.25) is 4.79 Å². The van der Waals surface area contributed by atoms with Crippen LogP contribution in [0.1, 0.15) is 33.6 Å². The van der Waals surface area contributed by atoms with Crippen LogP contribution in [0.25, 0.3) is 0 Å². The van der Waals surface area contributed by atoms with Crippen molar-refractivity contribution < 1.29 is 14.7 Å². The maximum atomic E-state index is 12.0. The summed E-state index contributed by atoms with van der Waals surface area (Å²) in [4.78, 5) is 12.0. The zero-order valence-electron chi connectivity index (χ0n) is 10.6. The Morgan fingerprint density at radius 2 is 2.24 bits per heavy atom. The molecule has 0 aliphatic carbocycles. The first-order valence-corrected chi connectivity index (χ1v) is 5.78. The highest BCUT2D eigenvalue weighted by molar-refractivity contribution is 6.05. The highest BCUT2D eigenvalue weighted by Crippen LogP contribution is 2.18. The number of hydrogen-bond donors (Lipinski definition) is 3. The third-order valence-corrected chi connectivity index (χ3v) is 3.14. The summed E-state index contributed by atoms with van der Waals surface area (Å²) in [5, 5.41) is 14.4. The second kappa shape index (κ2) is 5.35. The summed E-state index contributed by atoms with van der Waals surface area (Å²) in [5.41, 5.74) is 4.49. The number of carbonyl (C=O) groups excluding carboxylic acids is 1. The maximum absolute atomic E-state index is 12.0. The van der Waals surface area contributed by atoms with E-state index in [9.17, 15) is 4.79 Å². The van der Waals surface area contributed by atoms with Crippen molar-refractivity contribution in [2.45, 2.75) is 45.8 Å². The van der Waals surface area contributed by atoms with Gasteiger partial charge in [0.2, 0.25) is 5.91 Å². The molecule has 0 aromatic rings. The number of rotatable bonds is 3. The van der Waals surface area contributed by atoms with Crippen LogP contribution in [-0.4, -0.2) is 35.7 Å². The van der Waals surface area contributed by atoms with E-state index in [1.54, 1.807) is 13.8 Å². The number of amidine groups is 1. The van der Waals surface area contributed by atoms with Crippen molar-refractivity contribution in [3.63, 3.8) is 0 Å². The molecule has 1 aliphatic rings. The van der Waals surface area contributed by atoms with E-state index in [1.807, 2.05) is 6.92 Å². The molecule has 98 valence electrons. The van der Waals surface area contributed by atoms with E-state index in [0.29, 0.717) is 6.61 Å². The number of ether oxygens (including phenoxy) is 1. The van der Waals surface area contributed by atoms with Crippen LogP contribution in [0.4, 0.5) is 0 Å². The number of carbonyl (C=O) groups is 1. The van der Waals surface area contributed by atoms with Gasteiger partial charge >= 0.3 is 0 Å². The number of nitrogens with zero attached hydrogens (tertiary/aromatic N) is 1. The summed E-state index contributed by atoms with van der Waals surface area (Å²) in [6.07, 6.45) is 1.74. The van der Waals surface area contributed by atoms with Crippen LogP contribution in [0.5, 0.6) is 0 Å². The molecule has 4 N–H and O–H groups in total. The van der Waals surface area contributed by atoms with Gasteiger partial charge in [0.25, 0.3) is 0 Å². The first-order valence-electron chi connectivity index (χ1n) is 5.78. The molecular formula is C11H21N3O3. The Kier molecular flexibility index (Phi) is 4.34. The third-order valence-electron chi connectivity index (χ3n) is 3.14. The van der Waals surface area contributed by atoms with E-state index in [2.05, 4.69) is 10.5 Å². The fraction of sp³-hybridized carbons (Fsp3) is 0.818. The van der Waals surface area contributed by atoms with Crippen LogP contribution in [0.2, 0.25) is 0 Å². The Balaban J connectivity index is 2.59. The fourth-order valence-corrected chi connectivity index (χ4v) is 1.74. The average molecular weight is 243 g/mol. The average Bonchev–Trinajstić information content (AvgIpc) is 2.27. The second-order valence-corrected chi connectivity index (χ2v) is 4.99. The summed E-state index contributed by atoms with van der Waals surface area (Å²) in [6, 6.07) is 0.0945. The maximum Gasteiger partial charge on any atom is 0.233 e. The SMILES string of the molecule is CC1CC(NC(=O)C(C)(C)C(N)=NO)CCO1. The van der Waals surface area contributed by atoms with Crippen molar-refractivity contribution in [1.29, 1.82) is 0 Å². The lowest BCUT2D eigenvalue weighted by Gasteiger charge is -2.31. The van der Waals surface area contributed by atoms with Crippen LogP contribution >= 0.6 is 0 Å². The number of nitrogens with two attached hydrogens (primary N) is 1. The van der Waals surface area contributed by atoms with Gasteiger partial charge < -0.3 is 21.0 Å². The van der Waals surface area contributed by atoms with Gasteiger partial charge in [0, 0.05) is 12.6 Å². The second-order valence-electron chi connectivity index (χ2n) is 4.99. The van der Waals surface area contributed by atoms with Crippen molar-refractivity contribution in [3.8, 4) is 0 Å². The van der Waals surface area contributed by atoms with E-state index in [4.69, 9.17) is 15.7 Å². The molecule has 2 atom stereocenters. The number of nitrogens with one attached hydrogen (secondary N) is 1. The lowest BCUT2D eigenvalue weighted by molar-refractivity contribution is -0.128. The van der Waals surface area contributed by atoms with Gasteiger partial charge in [0.05, 0.1) is 6.10 Å². The summed E-state index contributed by atoms with van der Waals surface area (Å²) in [7, 11) is 0. The first-order chi connectivity index (χ1) is 7.87. The standard InChI is InChI=1S/C11H21N3O3/c1-7-6-8(4-5-17-7)13-10(15)11(2,3)9(12)14-16/h7-8,16H,4-6H2,1-3H3,(H2,12,14)(H,13,15). The topological polar surface area (TPSA) is 96.9 Å². The minimum absolute atomic E-state index is 0.0879. The van der Waals surface area contributed by atoms with Crippen molar-refractivity contribution in [2.75, 3.05) is 6.61 Å². The fourth-order valence-electron chi connectivity index (χ4n) is 1.74. The summed E-state index contributed by atoms with van der Waals surface area (Å²) < 4.78 is 5.40. The van der Waals surface area contributed by atoms with E-state index >= 15 is 0 Å². The molecule has 6 heteroatoms. The Bertz CT molecular complexity index is 315. The molecule has 1 rings (SSSR count). The molecule has 0 aromatic heterocycles. The van der Waals surface area contributed by atoms with Crippen molar-refractivity contribution in [2.24, 2.45) is 16.3 Å². The largest absolute Gasteiger partial charge is 0.409 e. The van der Waals surface area contributed by atoms with Crippen LogP contribution in [0.15, 0.2) is 5.16 Å². The molecule has 0 aromatic carbocycles. The van der Waals surface area contributed by atoms with Crippen LogP contribution < -0.4 is 11.1 Å². The highest BCUT2D eigenvalue weighted by atomic mass is 16.5. The molecule has 1 fully saturated rings. The Morgan fingerprint density at radius 3 is 2.76 bits per heavy atom. The monoisotopic (exact) mass is 243 g/mol. The first kappa shape index (κ1) is 13.8. The van der Waals surface area contributed by atoms with Crippen molar-refractivity contribution >= 4 is 11.7 Å². The summed E-state index contributed by atoms with van der Waals surface area (Å²) in [6.45, 7) is 5.88. The van der Waals surface area contributed by atoms with Crippen molar-refractivity contribution in [1.82, 2.24) is 5.32 Å². The van der Waals surface area contributed by atoms with E-state index < -0.39 is 5.41 Å². The third kappa shape index (κ3) is 3.33. The molecule has 1 heterocycles. The van der Waals surface area contributed by atoms with Gasteiger partial charge in [-0.2, -0.15) is 0 Å². The van der Waals surface area contributed by atoms with Gasteiger partial charge in [0.15, 0.2) is 5.84 Å². The van der Waals surface area contributed by atoms with Gasteiger partial charge in [0.1, 0.15) is 5.41 Å². The number of hydrogen-bond acceptors (Lipinski definition) is 4. The Labute approximate surface area is 101 Å². The lowest BCUT2D eigenvalue weighted by Crippen LogP contribution is -2.51. The minimum atomic E-state index is -1.00. The van der Waals surface area contributed by atoms with Crippen LogP contribution in [-0.2, 0) is 9.53 Å². The predicted molar refractivity (Wildman–Crippen MR) is 63.8 cm³/mol. The minimum Gasteiger partial charge on any atom is -0.409 e. The zero-order valence-corrected chi connectivity index (χ0v) is 10.6. The summed E-state index contributed by atoms with van der Waals surface area (Å²) in [5.74, 6) is -0.318. The predicted octanol–water partition coefficient (Wildman–Crippen LogP) is 0.443. The molecule has 17 heavy (non-hydrogen) atoms. The molecule has 1 saturated heterocycles. The van der Waals surface area contributed by atoms with Gasteiger partial charge in [-0.25, -0.2) is 0 Å². The van der Waals surface area contributed by atoms with E-state index in [0.717, 1.165) is 12.8 Å². The number of oxime groups is 1. The molecule has 0 bridgehead atoms. The van der Waals surface area contributed by atoms with E-state index in [-0.39, 0.29) is 23.9 Å².